The van der Waals surface area contributed by atoms with Gasteiger partial charge in [0, 0.05) is 25.2 Å². The van der Waals surface area contributed by atoms with E-state index in [4.69, 9.17) is 5.73 Å². The smallest absolute Gasteiger partial charge is 0.149 e. The Hall–Kier alpha value is -2.01. The van der Waals surface area contributed by atoms with E-state index in [1.165, 1.54) is 5.57 Å². The summed E-state index contributed by atoms with van der Waals surface area (Å²) < 4.78 is 12.8. The molecule has 1 aliphatic carbocycles. The molecule has 2 rings (SSSR count). The second-order valence-corrected chi connectivity index (χ2v) is 7.95. The second kappa shape index (κ2) is 10.7. The Bertz CT molecular complexity index is 756. The number of hydrogen-bond donors (Lipinski definition) is 1. The van der Waals surface area contributed by atoms with Crippen LogP contribution in [0.25, 0.3) is 0 Å². The highest BCUT2D eigenvalue weighted by Gasteiger charge is 2.34. The van der Waals surface area contributed by atoms with Crippen LogP contribution >= 0.6 is 0 Å². The molecule has 1 fully saturated rings. The minimum atomic E-state index is -0.368. The van der Waals surface area contributed by atoms with Gasteiger partial charge >= 0.3 is 0 Å². The third-order valence-corrected chi connectivity index (χ3v) is 6.02. The fourth-order valence-electron chi connectivity index (χ4n) is 4.60. The molecule has 0 radical (unpaired) electrons. The average Bonchev–Trinajstić information content (AvgIpc) is 2.98. The zero-order valence-corrected chi connectivity index (χ0v) is 18.4. The SMILES string of the molecule is C=C1C(=NC)/C(=C2\C(/C=C\CCF)=C(C(CC)CC)CC[C@@H]2N)CN1CC(C)=O. The van der Waals surface area contributed by atoms with E-state index in [1.54, 1.807) is 14.0 Å². The lowest BCUT2D eigenvalue weighted by Crippen LogP contribution is -2.31. The third kappa shape index (κ3) is 5.13. The van der Waals surface area contributed by atoms with Crippen LogP contribution in [0.4, 0.5) is 4.39 Å². The maximum absolute atomic E-state index is 12.8. The molecule has 0 amide bonds. The lowest BCUT2D eigenvalue weighted by Gasteiger charge is -2.32. The average molecular weight is 402 g/mol. The van der Waals surface area contributed by atoms with Crippen LogP contribution in [0.1, 0.15) is 52.9 Å². The van der Waals surface area contributed by atoms with Crippen LogP contribution in [-0.2, 0) is 4.79 Å². The summed E-state index contributed by atoms with van der Waals surface area (Å²) in [6.45, 7) is 10.7. The maximum atomic E-state index is 12.8. The van der Waals surface area contributed by atoms with Crippen molar-refractivity contribution in [3.8, 4) is 0 Å². The number of aliphatic imine (C=N–C) groups is 1. The largest absolute Gasteiger partial charge is 0.359 e. The number of carbonyl (C=O) groups excluding carboxylic acids is 1. The zero-order valence-electron chi connectivity index (χ0n) is 18.4. The van der Waals surface area contributed by atoms with Crippen molar-refractivity contribution in [1.82, 2.24) is 4.90 Å². The van der Waals surface area contributed by atoms with Crippen molar-refractivity contribution in [2.24, 2.45) is 16.6 Å². The number of likely N-dealkylation sites (tertiary alicyclic amines) is 1. The number of nitrogens with zero attached hydrogens (tertiary/aromatic N) is 2. The second-order valence-electron chi connectivity index (χ2n) is 7.95. The summed E-state index contributed by atoms with van der Waals surface area (Å²) >= 11 is 0. The summed E-state index contributed by atoms with van der Waals surface area (Å²) in [5.74, 6) is 0.584. The Morgan fingerprint density at radius 1 is 1.41 bits per heavy atom. The number of carbonyl (C=O) groups is 1. The van der Waals surface area contributed by atoms with E-state index in [-0.39, 0.29) is 18.5 Å². The van der Waals surface area contributed by atoms with Crippen LogP contribution in [0.3, 0.4) is 0 Å². The Morgan fingerprint density at radius 2 is 2.10 bits per heavy atom. The first kappa shape index (κ1) is 23.3. The predicted molar refractivity (Wildman–Crippen MR) is 120 cm³/mol. The Balaban J connectivity index is 2.67. The first-order valence-corrected chi connectivity index (χ1v) is 10.7. The molecule has 1 atom stereocenters. The van der Waals surface area contributed by atoms with E-state index in [0.717, 1.165) is 53.8 Å². The molecule has 1 heterocycles. The molecule has 0 bridgehead atoms. The van der Waals surface area contributed by atoms with Gasteiger partial charge in [-0.15, -0.1) is 0 Å². The number of allylic oxidation sites excluding steroid dienone is 4. The fraction of sp³-hybridized carbons (Fsp3) is 0.583. The molecule has 0 saturated carbocycles. The monoisotopic (exact) mass is 401 g/mol. The third-order valence-electron chi connectivity index (χ3n) is 6.02. The lowest BCUT2D eigenvalue weighted by atomic mass is 9.75. The Labute approximate surface area is 175 Å². The van der Waals surface area contributed by atoms with Crippen molar-refractivity contribution in [2.45, 2.75) is 58.9 Å². The van der Waals surface area contributed by atoms with Crippen LogP contribution in [-0.4, -0.2) is 49.2 Å². The molecule has 0 aromatic carbocycles. The minimum Gasteiger partial charge on any atom is -0.359 e. The van der Waals surface area contributed by atoms with Crippen LogP contribution in [0.2, 0.25) is 0 Å². The van der Waals surface area contributed by atoms with Crippen molar-refractivity contribution in [3.63, 3.8) is 0 Å². The van der Waals surface area contributed by atoms with Crippen molar-refractivity contribution < 1.29 is 9.18 Å². The van der Waals surface area contributed by atoms with Gasteiger partial charge in [-0.25, -0.2) is 0 Å². The van der Waals surface area contributed by atoms with Gasteiger partial charge in [-0.05, 0) is 56.1 Å². The number of hydrogen-bond acceptors (Lipinski definition) is 4. The van der Waals surface area contributed by atoms with E-state index in [9.17, 15) is 9.18 Å². The van der Waals surface area contributed by atoms with Crippen LogP contribution in [0.5, 0.6) is 0 Å². The van der Waals surface area contributed by atoms with Crippen molar-refractivity contribution >= 4 is 11.5 Å². The predicted octanol–water partition coefficient (Wildman–Crippen LogP) is 4.54. The molecule has 160 valence electrons. The van der Waals surface area contributed by atoms with Crippen LogP contribution in [0, 0.1) is 5.92 Å². The number of ketones is 1. The molecule has 5 heteroatoms. The molecule has 2 N–H and O–H groups in total. The quantitative estimate of drug-likeness (QED) is 0.649. The standard InChI is InChI=1S/C24H36FN3O/c1-6-18(7-2)19-11-12-22(26)23(20(19)10-8-9-13-25)21-15-28(14-16(3)29)17(4)24(21)27-5/h8,10,18,22H,4,6-7,9,11-15,26H2,1-3,5H3/b10-8-,23-21+,27-24?/t22-/m0/s1. The van der Waals surface area contributed by atoms with Crippen molar-refractivity contribution in [1.29, 1.82) is 0 Å². The van der Waals surface area contributed by atoms with Gasteiger partial charge in [-0.1, -0.05) is 38.2 Å². The van der Waals surface area contributed by atoms with Gasteiger partial charge in [0.05, 0.1) is 24.6 Å². The summed E-state index contributed by atoms with van der Waals surface area (Å²) in [5, 5.41) is 0. The van der Waals surface area contributed by atoms with E-state index >= 15 is 0 Å². The van der Waals surface area contributed by atoms with E-state index in [1.807, 2.05) is 11.0 Å². The van der Waals surface area contributed by atoms with Gasteiger partial charge in [0.25, 0.3) is 0 Å². The van der Waals surface area contributed by atoms with Crippen LogP contribution < -0.4 is 5.73 Å². The highest BCUT2D eigenvalue weighted by atomic mass is 19.1. The lowest BCUT2D eigenvalue weighted by molar-refractivity contribution is -0.117. The van der Waals surface area contributed by atoms with Gasteiger partial charge in [-0.3, -0.25) is 14.2 Å². The van der Waals surface area contributed by atoms with Gasteiger partial charge in [0.2, 0.25) is 0 Å². The molecule has 1 aliphatic heterocycles. The molecule has 0 aromatic heterocycles. The summed E-state index contributed by atoms with van der Waals surface area (Å²) in [4.78, 5) is 18.2. The normalized spacial score (nSPS) is 24.7. The number of nitrogens with two attached hydrogens (primary N) is 1. The number of alkyl halides is 1. The Morgan fingerprint density at radius 3 is 2.66 bits per heavy atom. The maximum Gasteiger partial charge on any atom is 0.149 e. The summed E-state index contributed by atoms with van der Waals surface area (Å²) in [7, 11) is 1.76. The molecular formula is C24H36FN3O. The topological polar surface area (TPSA) is 58.7 Å². The van der Waals surface area contributed by atoms with Crippen LogP contribution in [0.15, 0.2) is 51.7 Å². The molecular weight excluding hydrogens is 365 g/mol. The van der Waals surface area contributed by atoms with Crippen molar-refractivity contribution in [3.05, 3.63) is 46.7 Å². The van der Waals surface area contributed by atoms with E-state index in [2.05, 4.69) is 31.5 Å². The number of halogens is 1. The first-order chi connectivity index (χ1) is 13.9. The molecule has 4 nitrogen and oxygen atoms in total. The minimum absolute atomic E-state index is 0.0946. The first-order valence-electron chi connectivity index (χ1n) is 10.7. The van der Waals surface area contributed by atoms with Gasteiger partial charge in [0.15, 0.2) is 0 Å². The zero-order chi connectivity index (χ0) is 21.6. The van der Waals surface area contributed by atoms with E-state index in [0.29, 0.717) is 25.4 Å². The van der Waals surface area contributed by atoms with Gasteiger partial charge < -0.3 is 10.6 Å². The van der Waals surface area contributed by atoms with Crippen molar-refractivity contribution in [2.75, 3.05) is 26.8 Å². The molecule has 1 saturated heterocycles. The fourth-order valence-corrected chi connectivity index (χ4v) is 4.60. The van der Waals surface area contributed by atoms with Gasteiger partial charge in [-0.2, -0.15) is 0 Å². The summed E-state index contributed by atoms with van der Waals surface area (Å²) in [6.07, 6.45) is 8.38. The Kier molecular flexibility index (Phi) is 8.57. The number of Topliss-reactive ketones (excluding diaryl/α,β-unsaturated/α-hetero) is 1. The number of rotatable bonds is 8. The molecule has 29 heavy (non-hydrogen) atoms. The highest BCUT2D eigenvalue weighted by molar-refractivity contribution is 6.15. The molecule has 0 unspecified atom stereocenters. The highest BCUT2D eigenvalue weighted by Crippen LogP contribution is 2.40. The molecule has 0 aromatic rings. The van der Waals surface area contributed by atoms with Gasteiger partial charge in [0.1, 0.15) is 5.78 Å². The molecule has 2 aliphatic rings. The summed E-state index contributed by atoms with van der Waals surface area (Å²) in [5.41, 5.74) is 13.0. The van der Waals surface area contributed by atoms with E-state index < -0.39 is 0 Å². The molecule has 0 spiro atoms. The summed E-state index contributed by atoms with van der Waals surface area (Å²) in [6, 6.07) is -0.102.